The first-order valence-electron chi connectivity index (χ1n) is 28.4. The molecule has 434 valence electrons. The molecule has 0 aromatic heterocycles. The molecule has 0 radical (unpaired) electrons. The molecule has 75 heavy (non-hydrogen) atoms. The standard InChI is InChI=1S/C25H42N2O2.C21H40N2O3.C17H33NO2/c1-24(2,3)23(29)20(15-11-8-12-16-26)18-22(28)21(27-25(4,5)6)17-19-13-9-7-10-14-19;1-14(2)18(23-21(7,8)9)17(25)13-16(19(26)20(4,5)6)11-10-12-22-15(3)24;1-11(2)14(18-17(7,8)9)13(19)10-12(3)15(20)16(4,5)6/h7,9-10,13-14,20-21,27H,8,11-12,15-18,26H2,1-6H3;14,16,18,23H,10-13H2,1-9H3,(H,22,24);11-12,14,18H,10H2,1-9H3. The molecule has 1 aromatic carbocycles. The number of nitrogens with two attached hydrogens (primary N) is 1. The Labute approximate surface area is 459 Å². The summed E-state index contributed by atoms with van der Waals surface area (Å²) >= 11 is 0. The van der Waals surface area contributed by atoms with Crippen LogP contribution in [-0.2, 0) is 40.0 Å². The van der Waals surface area contributed by atoms with E-state index in [0.717, 1.165) is 31.2 Å². The molecule has 0 aliphatic heterocycles. The molecule has 0 saturated heterocycles. The zero-order chi connectivity index (χ0) is 59.1. The summed E-state index contributed by atoms with van der Waals surface area (Å²) in [7, 11) is 0. The summed E-state index contributed by atoms with van der Waals surface area (Å²) in [5, 5.41) is 13.0. The second kappa shape index (κ2) is 33.1. The Kier molecular flexibility index (Phi) is 32.5. The number of nitrogens with one attached hydrogen (secondary N) is 4. The van der Waals surface area contributed by atoms with Crippen LogP contribution in [0.5, 0.6) is 0 Å². The summed E-state index contributed by atoms with van der Waals surface area (Å²) in [6.07, 6.45) is 6.49. The smallest absolute Gasteiger partial charge is 0.216 e. The number of rotatable bonds is 28. The van der Waals surface area contributed by atoms with Crippen molar-refractivity contribution in [2.45, 2.75) is 265 Å². The van der Waals surface area contributed by atoms with Gasteiger partial charge < -0.3 is 27.0 Å². The summed E-state index contributed by atoms with van der Waals surface area (Å²) < 4.78 is 0. The molecule has 0 bridgehead atoms. The Morgan fingerprint density at radius 2 is 0.867 bits per heavy atom. The first-order valence-corrected chi connectivity index (χ1v) is 28.4. The minimum Gasteiger partial charge on any atom is -0.356 e. The van der Waals surface area contributed by atoms with Gasteiger partial charge in [0, 0.05) is 83.3 Å². The van der Waals surface area contributed by atoms with Crippen LogP contribution in [0.3, 0.4) is 0 Å². The molecule has 1 aromatic rings. The molecule has 1 amide bonds. The molecule has 0 heterocycles. The molecule has 0 aliphatic rings. The Morgan fingerprint density at radius 3 is 1.23 bits per heavy atom. The van der Waals surface area contributed by atoms with E-state index in [1.54, 1.807) is 0 Å². The first kappa shape index (κ1) is 73.6. The van der Waals surface area contributed by atoms with Crippen molar-refractivity contribution in [3.8, 4) is 0 Å². The van der Waals surface area contributed by atoms with E-state index in [4.69, 9.17) is 5.73 Å². The summed E-state index contributed by atoms with van der Waals surface area (Å²) in [5.74, 6) is 0.385. The van der Waals surface area contributed by atoms with Gasteiger partial charge in [-0.25, -0.2) is 0 Å². The lowest BCUT2D eigenvalue weighted by molar-refractivity contribution is -0.134. The normalized spacial score (nSPS) is 15.0. The van der Waals surface area contributed by atoms with Crippen LogP contribution in [-0.4, -0.2) is 88.4 Å². The third-order valence-corrected chi connectivity index (χ3v) is 12.7. The lowest BCUT2D eigenvalue weighted by Crippen LogP contribution is -2.51. The molecule has 6 N–H and O–H groups in total. The number of unbranched alkanes of at least 4 members (excludes halogenated alkanes) is 2. The van der Waals surface area contributed by atoms with Gasteiger partial charge in [0.25, 0.3) is 0 Å². The number of ketones is 6. The number of Topliss-reactive ketones (excluding diaryl/α,β-unsaturated/α-hetero) is 6. The van der Waals surface area contributed by atoms with Crippen molar-refractivity contribution in [2.75, 3.05) is 13.1 Å². The molecule has 12 nitrogen and oxygen atoms in total. The minimum atomic E-state index is -0.482. The van der Waals surface area contributed by atoms with E-state index in [9.17, 15) is 33.6 Å². The monoisotopic (exact) mass is 1050 g/mol. The highest BCUT2D eigenvalue weighted by Gasteiger charge is 2.36. The summed E-state index contributed by atoms with van der Waals surface area (Å²) in [6.45, 7) is 48.4. The van der Waals surface area contributed by atoms with Crippen molar-refractivity contribution in [1.29, 1.82) is 0 Å². The van der Waals surface area contributed by atoms with Crippen molar-refractivity contribution in [3.05, 3.63) is 35.9 Å². The van der Waals surface area contributed by atoms with Crippen LogP contribution >= 0.6 is 0 Å². The molecule has 6 atom stereocenters. The molecule has 0 aliphatic carbocycles. The van der Waals surface area contributed by atoms with E-state index < -0.39 is 10.8 Å². The fourth-order valence-electron chi connectivity index (χ4n) is 9.01. The third kappa shape index (κ3) is 34.1. The van der Waals surface area contributed by atoms with Crippen molar-refractivity contribution in [3.63, 3.8) is 0 Å². The fourth-order valence-corrected chi connectivity index (χ4v) is 9.01. The first-order chi connectivity index (χ1) is 33.8. The van der Waals surface area contributed by atoms with Gasteiger partial charge in [-0.1, -0.05) is 140 Å². The number of carbonyl (C=O) groups is 7. The highest BCUT2D eigenvalue weighted by Crippen LogP contribution is 2.29. The second-order valence-electron chi connectivity index (χ2n) is 28.3. The maximum absolute atomic E-state index is 13.3. The van der Waals surface area contributed by atoms with Gasteiger partial charge in [-0.15, -0.1) is 0 Å². The van der Waals surface area contributed by atoms with Gasteiger partial charge in [-0.05, 0) is 118 Å². The predicted octanol–water partition coefficient (Wildman–Crippen LogP) is 11.8. The lowest BCUT2D eigenvalue weighted by atomic mass is 9.77. The van der Waals surface area contributed by atoms with Gasteiger partial charge in [0.05, 0.1) is 18.1 Å². The SMILES string of the molecule is CC(=O)NCCCC(CC(=O)C(NC(C)(C)C)C(C)C)C(=O)C(C)(C)C.CC(C)(C)NC(Cc1ccccc1)C(=O)CC(CCCCCN)C(=O)C(C)(C)C.CC(CC(=O)C(NC(C)(C)C)C(C)C)C(=O)C(C)(C)C. The number of carbonyl (C=O) groups excluding carboxylic acids is 7. The van der Waals surface area contributed by atoms with Crippen LogP contribution in [0.2, 0.25) is 0 Å². The maximum Gasteiger partial charge on any atom is 0.216 e. The largest absolute Gasteiger partial charge is 0.356 e. The van der Waals surface area contributed by atoms with Crippen molar-refractivity contribution in [2.24, 2.45) is 51.6 Å². The van der Waals surface area contributed by atoms with Gasteiger partial charge in [-0.2, -0.15) is 0 Å². The van der Waals surface area contributed by atoms with E-state index in [2.05, 4.69) is 74.9 Å². The quantitative estimate of drug-likeness (QED) is 0.0501. The summed E-state index contributed by atoms with van der Waals surface area (Å²) in [4.78, 5) is 87.9. The van der Waals surface area contributed by atoms with Crippen LogP contribution in [0.1, 0.15) is 230 Å². The van der Waals surface area contributed by atoms with E-state index in [1.165, 1.54) is 6.92 Å². The molecule has 0 spiro atoms. The van der Waals surface area contributed by atoms with Crippen molar-refractivity contribution in [1.82, 2.24) is 21.3 Å². The van der Waals surface area contributed by atoms with E-state index in [1.807, 2.05) is 136 Å². The molecule has 0 fully saturated rings. The highest BCUT2D eigenvalue weighted by atomic mass is 16.2. The van der Waals surface area contributed by atoms with E-state index >= 15 is 0 Å². The van der Waals surface area contributed by atoms with Gasteiger partial charge >= 0.3 is 0 Å². The molecule has 0 saturated carbocycles. The minimum absolute atomic E-state index is 0.0750. The molecule has 6 unspecified atom stereocenters. The van der Waals surface area contributed by atoms with Gasteiger partial charge in [0.2, 0.25) is 5.91 Å². The Morgan fingerprint density at radius 1 is 0.480 bits per heavy atom. The number of hydrogen-bond donors (Lipinski definition) is 5. The van der Waals surface area contributed by atoms with Gasteiger partial charge in [0.1, 0.15) is 17.3 Å². The van der Waals surface area contributed by atoms with Gasteiger partial charge in [-0.3, -0.25) is 33.6 Å². The number of benzene rings is 1. The zero-order valence-corrected chi connectivity index (χ0v) is 52.4. The van der Waals surface area contributed by atoms with Crippen LogP contribution in [0.4, 0.5) is 0 Å². The lowest BCUT2D eigenvalue weighted by Gasteiger charge is -2.32. The molecule has 12 heteroatoms. The number of hydrogen-bond acceptors (Lipinski definition) is 11. The predicted molar refractivity (Wildman–Crippen MR) is 314 cm³/mol. The van der Waals surface area contributed by atoms with E-state index in [0.29, 0.717) is 45.2 Å². The Balaban J connectivity index is 0. The molecule has 1 rings (SSSR count). The second-order valence-corrected chi connectivity index (χ2v) is 28.3. The highest BCUT2D eigenvalue weighted by molar-refractivity contribution is 5.94. The van der Waals surface area contributed by atoms with Crippen LogP contribution in [0.25, 0.3) is 0 Å². The van der Waals surface area contributed by atoms with Crippen LogP contribution in [0, 0.1) is 45.8 Å². The Hall–Kier alpha value is -3.45. The van der Waals surface area contributed by atoms with Crippen LogP contribution < -0.4 is 27.0 Å². The number of amides is 1. The zero-order valence-electron chi connectivity index (χ0n) is 52.4. The molecular weight excluding hydrogens is 939 g/mol. The third-order valence-electron chi connectivity index (χ3n) is 12.7. The summed E-state index contributed by atoms with van der Waals surface area (Å²) in [5.41, 5.74) is 4.96. The topological polar surface area (TPSA) is 194 Å². The van der Waals surface area contributed by atoms with Crippen molar-refractivity contribution < 1.29 is 33.6 Å². The Bertz CT molecular complexity index is 1880. The van der Waals surface area contributed by atoms with E-state index in [-0.39, 0.29) is 117 Å². The average Bonchev–Trinajstić information content (AvgIpc) is 3.24. The van der Waals surface area contributed by atoms with Gasteiger partial charge in [0.15, 0.2) is 17.3 Å². The van der Waals surface area contributed by atoms with Crippen molar-refractivity contribution >= 4 is 40.6 Å². The van der Waals surface area contributed by atoms with Crippen LogP contribution in [0.15, 0.2) is 30.3 Å². The average molecular weight is 1050 g/mol. The molecular formula is C63H115N5O7. The summed E-state index contributed by atoms with van der Waals surface area (Å²) in [6, 6.07) is 9.33. The maximum atomic E-state index is 13.3. The fraction of sp³-hybridized carbons (Fsp3) is 0.794.